The summed E-state index contributed by atoms with van der Waals surface area (Å²) < 4.78 is 9.76. The summed E-state index contributed by atoms with van der Waals surface area (Å²) in [4.78, 5) is 35.8. The Morgan fingerprint density at radius 3 is 2.27 bits per heavy atom. The molecule has 2 aromatic carbocycles. The molecular formula is C22H26N2O6. The Morgan fingerprint density at radius 1 is 1.03 bits per heavy atom. The van der Waals surface area contributed by atoms with E-state index in [4.69, 9.17) is 4.74 Å². The Morgan fingerprint density at radius 2 is 1.70 bits per heavy atom. The number of esters is 1. The zero-order chi connectivity index (χ0) is 22.3. The molecule has 2 aromatic rings. The van der Waals surface area contributed by atoms with Gasteiger partial charge in [0.15, 0.2) is 6.04 Å². The molecule has 8 nitrogen and oxygen atoms in total. The lowest BCUT2D eigenvalue weighted by Gasteiger charge is -2.19. The molecule has 0 aliphatic heterocycles. The first-order valence-corrected chi connectivity index (χ1v) is 9.33. The molecule has 160 valence electrons. The van der Waals surface area contributed by atoms with Gasteiger partial charge >= 0.3 is 12.1 Å². The van der Waals surface area contributed by atoms with Crippen molar-refractivity contribution in [3.8, 4) is 11.1 Å². The molecule has 0 spiro atoms. The van der Waals surface area contributed by atoms with E-state index in [0.717, 1.165) is 11.1 Å². The second-order valence-corrected chi connectivity index (χ2v) is 7.52. The van der Waals surface area contributed by atoms with Gasteiger partial charge in [0.25, 0.3) is 5.91 Å². The predicted octanol–water partition coefficient (Wildman–Crippen LogP) is 2.96. The third-order valence-electron chi connectivity index (χ3n) is 3.96. The van der Waals surface area contributed by atoms with E-state index in [9.17, 15) is 19.5 Å². The molecule has 0 radical (unpaired) electrons. The SMILES string of the molecule is COC(=O)[C@H](CO)NC(=O)c1cccc(-c2ccc(NC(=O)OC(C)(C)C)cc2)c1. The number of benzene rings is 2. The Bertz CT molecular complexity index is 903. The monoisotopic (exact) mass is 414 g/mol. The fraction of sp³-hybridized carbons (Fsp3) is 0.318. The number of amides is 2. The van der Waals surface area contributed by atoms with Crippen molar-refractivity contribution in [3.05, 3.63) is 54.1 Å². The van der Waals surface area contributed by atoms with Crippen molar-refractivity contribution in [2.45, 2.75) is 32.4 Å². The van der Waals surface area contributed by atoms with Crippen LogP contribution >= 0.6 is 0 Å². The maximum absolute atomic E-state index is 12.4. The van der Waals surface area contributed by atoms with Crippen LogP contribution in [0.25, 0.3) is 11.1 Å². The van der Waals surface area contributed by atoms with Gasteiger partial charge in [-0.25, -0.2) is 9.59 Å². The van der Waals surface area contributed by atoms with Crippen molar-refractivity contribution < 1.29 is 29.0 Å². The van der Waals surface area contributed by atoms with E-state index in [1.165, 1.54) is 7.11 Å². The Hall–Kier alpha value is -3.39. The fourth-order valence-corrected chi connectivity index (χ4v) is 2.57. The zero-order valence-corrected chi connectivity index (χ0v) is 17.4. The van der Waals surface area contributed by atoms with Crippen LogP contribution in [0.4, 0.5) is 10.5 Å². The maximum atomic E-state index is 12.4. The molecule has 1 atom stereocenters. The number of aliphatic hydroxyl groups excluding tert-OH is 1. The molecule has 3 N–H and O–H groups in total. The zero-order valence-electron chi connectivity index (χ0n) is 17.4. The largest absolute Gasteiger partial charge is 0.467 e. The molecule has 0 aliphatic rings. The van der Waals surface area contributed by atoms with E-state index in [2.05, 4.69) is 15.4 Å². The van der Waals surface area contributed by atoms with Crippen LogP contribution in [-0.4, -0.2) is 48.4 Å². The van der Waals surface area contributed by atoms with Crippen molar-refractivity contribution in [2.24, 2.45) is 0 Å². The van der Waals surface area contributed by atoms with Crippen LogP contribution < -0.4 is 10.6 Å². The molecule has 2 amide bonds. The second kappa shape index (κ2) is 9.89. The minimum atomic E-state index is -1.13. The quantitative estimate of drug-likeness (QED) is 0.626. The van der Waals surface area contributed by atoms with Gasteiger partial charge in [0.1, 0.15) is 5.60 Å². The molecule has 0 saturated heterocycles. The minimum absolute atomic E-state index is 0.325. The molecule has 0 heterocycles. The summed E-state index contributed by atoms with van der Waals surface area (Å²) in [7, 11) is 1.18. The summed E-state index contributed by atoms with van der Waals surface area (Å²) in [5.41, 5.74) is 1.90. The van der Waals surface area contributed by atoms with Gasteiger partial charge in [-0.15, -0.1) is 0 Å². The molecule has 0 saturated carbocycles. The number of carbonyl (C=O) groups excluding carboxylic acids is 3. The highest BCUT2D eigenvalue weighted by molar-refractivity contribution is 5.97. The maximum Gasteiger partial charge on any atom is 0.412 e. The van der Waals surface area contributed by atoms with Crippen LogP contribution in [0.15, 0.2) is 48.5 Å². The molecule has 0 aromatic heterocycles. The summed E-state index contributed by atoms with van der Waals surface area (Å²) in [6.07, 6.45) is -0.544. The van der Waals surface area contributed by atoms with Crippen LogP contribution in [0, 0.1) is 0 Å². The van der Waals surface area contributed by atoms with Crippen LogP contribution in [0.3, 0.4) is 0 Å². The Balaban J connectivity index is 2.11. The molecule has 0 unspecified atom stereocenters. The van der Waals surface area contributed by atoms with E-state index in [0.29, 0.717) is 11.3 Å². The number of anilines is 1. The molecule has 0 fully saturated rings. The van der Waals surface area contributed by atoms with Gasteiger partial charge in [-0.1, -0.05) is 24.3 Å². The molecule has 8 heteroatoms. The molecular weight excluding hydrogens is 388 g/mol. The van der Waals surface area contributed by atoms with E-state index in [1.54, 1.807) is 63.2 Å². The third-order valence-corrected chi connectivity index (χ3v) is 3.96. The van der Waals surface area contributed by atoms with E-state index in [-0.39, 0.29) is 0 Å². The molecule has 0 aliphatic carbocycles. The fourth-order valence-electron chi connectivity index (χ4n) is 2.57. The smallest absolute Gasteiger partial charge is 0.412 e. The van der Waals surface area contributed by atoms with Crippen LogP contribution in [0.1, 0.15) is 31.1 Å². The number of nitrogens with one attached hydrogen (secondary N) is 2. The summed E-state index contributed by atoms with van der Waals surface area (Å²) in [6, 6.07) is 12.7. The van der Waals surface area contributed by atoms with Gasteiger partial charge in [-0.05, 0) is 56.2 Å². The van der Waals surface area contributed by atoms with Gasteiger partial charge in [0, 0.05) is 11.3 Å². The van der Waals surface area contributed by atoms with Gasteiger partial charge in [-0.3, -0.25) is 10.1 Å². The summed E-state index contributed by atoms with van der Waals surface area (Å²) in [6.45, 7) is 4.79. The van der Waals surface area contributed by atoms with Crippen LogP contribution in [0.5, 0.6) is 0 Å². The first kappa shape index (κ1) is 22.9. The number of aliphatic hydroxyl groups is 1. The van der Waals surface area contributed by atoms with Gasteiger partial charge in [0.05, 0.1) is 13.7 Å². The highest BCUT2D eigenvalue weighted by Crippen LogP contribution is 2.23. The lowest BCUT2D eigenvalue weighted by molar-refractivity contribution is -0.143. The van der Waals surface area contributed by atoms with Crippen molar-refractivity contribution in [3.63, 3.8) is 0 Å². The normalized spacial score (nSPS) is 11.9. The number of rotatable bonds is 6. The first-order chi connectivity index (χ1) is 14.1. The highest BCUT2D eigenvalue weighted by atomic mass is 16.6. The average Bonchev–Trinajstić information content (AvgIpc) is 2.70. The van der Waals surface area contributed by atoms with E-state index < -0.39 is 36.2 Å². The van der Waals surface area contributed by atoms with Crippen molar-refractivity contribution in [1.82, 2.24) is 5.32 Å². The number of carbonyl (C=O) groups is 3. The van der Waals surface area contributed by atoms with Crippen LogP contribution in [0.2, 0.25) is 0 Å². The minimum Gasteiger partial charge on any atom is -0.467 e. The number of hydrogen-bond donors (Lipinski definition) is 3. The van der Waals surface area contributed by atoms with Crippen molar-refractivity contribution >= 4 is 23.7 Å². The van der Waals surface area contributed by atoms with Crippen molar-refractivity contribution in [1.29, 1.82) is 0 Å². The Kier molecular flexibility index (Phi) is 7.54. The van der Waals surface area contributed by atoms with Gasteiger partial charge in [-0.2, -0.15) is 0 Å². The average molecular weight is 414 g/mol. The standard InChI is InChI=1S/C22H26N2O6/c1-22(2,3)30-21(28)23-17-10-8-14(9-11-17)15-6-5-7-16(12-15)19(26)24-18(13-25)20(27)29-4/h5-12,18,25H,13H2,1-4H3,(H,23,28)(H,24,26)/t18-/m0/s1. The number of ether oxygens (including phenoxy) is 2. The number of hydrogen-bond acceptors (Lipinski definition) is 6. The highest BCUT2D eigenvalue weighted by Gasteiger charge is 2.21. The first-order valence-electron chi connectivity index (χ1n) is 9.33. The summed E-state index contributed by atoms with van der Waals surface area (Å²) >= 11 is 0. The van der Waals surface area contributed by atoms with Gasteiger partial charge in [0.2, 0.25) is 0 Å². The topological polar surface area (TPSA) is 114 Å². The van der Waals surface area contributed by atoms with E-state index >= 15 is 0 Å². The third kappa shape index (κ3) is 6.59. The number of methoxy groups -OCH3 is 1. The summed E-state index contributed by atoms with van der Waals surface area (Å²) in [5, 5.41) is 14.3. The molecule has 30 heavy (non-hydrogen) atoms. The van der Waals surface area contributed by atoms with Crippen molar-refractivity contribution in [2.75, 3.05) is 19.0 Å². The predicted molar refractivity (Wildman–Crippen MR) is 112 cm³/mol. The Labute approximate surface area is 175 Å². The lowest BCUT2D eigenvalue weighted by Crippen LogP contribution is -2.44. The molecule has 0 bridgehead atoms. The molecule has 2 rings (SSSR count). The van der Waals surface area contributed by atoms with Gasteiger partial charge < -0.3 is 19.9 Å². The second-order valence-electron chi connectivity index (χ2n) is 7.52. The van der Waals surface area contributed by atoms with E-state index in [1.807, 2.05) is 6.07 Å². The van der Waals surface area contributed by atoms with Crippen LogP contribution in [-0.2, 0) is 14.3 Å². The lowest BCUT2D eigenvalue weighted by atomic mass is 10.0. The summed E-state index contributed by atoms with van der Waals surface area (Å²) in [5.74, 6) is -1.24.